The Morgan fingerprint density at radius 1 is 1.29 bits per heavy atom. The Morgan fingerprint density at radius 2 is 2.12 bits per heavy atom. The molecule has 90 valence electrons. The number of aromatic nitrogens is 1. The first-order valence-electron chi connectivity index (χ1n) is 5.43. The van der Waals surface area contributed by atoms with Crippen LogP contribution in [0, 0.1) is 13.8 Å². The Morgan fingerprint density at radius 3 is 2.76 bits per heavy atom. The summed E-state index contributed by atoms with van der Waals surface area (Å²) in [5.41, 5.74) is 2.53. The van der Waals surface area contributed by atoms with E-state index in [2.05, 4.69) is 43.6 Å². The van der Waals surface area contributed by atoms with Gasteiger partial charge in [-0.15, -0.1) is 11.3 Å². The monoisotopic (exact) mass is 265 g/mol. The van der Waals surface area contributed by atoms with Crippen LogP contribution >= 0.6 is 24.0 Å². The molecule has 0 atom stereocenters. The first-order valence-corrected chi connectivity index (χ1v) is 6.88. The molecule has 0 spiro atoms. The lowest BCUT2D eigenvalue weighted by atomic mass is 10.1. The molecule has 17 heavy (non-hydrogen) atoms. The van der Waals surface area contributed by atoms with Gasteiger partial charge in [0.15, 0.2) is 0 Å². The molecular weight excluding hydrogens is 250 g/mol. The lowest BCUT2D eigenvalue weighted by Crippen LogP contribution is -1.95. The molecule has 1 aromatic heterocycles. The van der Waals surface area contributed by atoms with Crippen LogP contribution in [0.5, 0.6) is 5.75 Å². The average Bonchev–Trinajstić information content (AvgIpc) is 2.79. The van der Waals surface area contributed by atoms with E-state index in [-0.39, 0.29) is 0 Å². The SMILES string of the molecule is Cc1ccc(OCc2ncc(CS)s2)cc1C. The van der Waals surface area contributed by atoms with Gasteiger partial charge < -0.3 is 4.74 Å². The highest BCUT2D eigenvalue weighted by Crippen LogP contribution is 2.20. The number of ether oxygens (including phenoxy) is 1. The van der Waals surface area contributed by atoms with E-state index in [1.54, 1.807) is 11.3 Å². The second-order valence-electron chi connectivity index (χ2n) is 3.91. The zero-order chi connectivity index (χ0) is 12.3. The number of rotatable bonds is 4. The highest BCUT2D eigenvalue weighted by Gasteiger charge is 2.02. The maximum absolute atomic E-state index is 5.71. The minimum Gasteiger partial charge on any atom is -0.486 e. The fraction of sp³-hybridized carbons (Fsp3) is 0.308. The predicted octanol–water partition coefficient (Wildman–Crippen LogP) is 3.77. The standard InChI is InChI=1S/C13H15NOS2/c1-9-3-4-11(5-10(9)2)15-7-13-14-6-12(8-16)17-13/h3-6,16H,7-8H2,1-2H3. The first kappa shape index (κ1) is 12.5. The van der Waals surface area contributed by atoms with Gasteiger partial charge in [-0.1, -0.05) is 6.07 Å². The summed E-state index contributed by atoms with van der Waals surface area (Å²) >= 11 is 5.86. The van der Waals surface area contributed by atoms with Crippen molar-refractivity contribution in [2.45, 2.75) is 26.2 Å². The van der Waals surface area contributed by atoms with Crippen molar-refractivity contribution in [2.24, 2.45) is 0 Å². The third kappa shape index (κ3) is 3.23. The summed E-state index contributed by atoms with van der Waals surface area (Å²) in [6, 6.07) is 6.13. The fourth-order valence-corrected chi connectivity index (χ4v) is 2.41. The summed E-state index contributed by atoms with van der Waals surface area (Å²) in [6.45, 7) is 4.71. The molecule has 0 aliphatic carbocycles. The average molecular weight is 265 g/mol. The molecule has 1 aromatic carbocycles. The van der Waals surface area contributed by atoms with Crippen molar-refractivity contribution in [3.05, 3.63) is 45.4 Å². The van der Waals surface area contributed by atoms with Crippen molar-refractivity contribution < 1.29 is 4.74 Å². The number of benzene rings is 1. The minimum absolute atomic E-state index is 0.529. The number of aryl methyl sites for hydroxylation is 2. The van der Waals surface area contributed by atoms with Gasteiger partial charge in [-0.25, -0.2) is 4.98 Å². The van der Waals surface area contributed by atoms with Crippen molar-refractivity contribution in [3.8, 4) is 5.75 Å². The highest BCUT2D eigenvalue weighted by atomic mass is 32.1. The normalized spacial score (nSPS) is 10.5. The van der Waals surface area contributed by atoms with Crippen LogP contribution in [0.2, 0.25) is 0 Å². The van der Waals surface area contributed by atoms with E-state index in [9.17, 15) is 0 Å². The van der Waals surface area contributed by atoms with Crippen LogP contribution in [0.1, 0.15) is 21.0 Å². The Bertz CT molecular complexity index is 508. The van der Waals surface area contributed by atoms with Crippen LogP contribution in [0.15, 0.2) is 24.4 Å². The fourth-order valence-electron chi connectivity index (χ4n) is 1.44. The molecular formula is C13H15NOS2. The Balaban J connectivity index is 1.99. The van der Waals surface area contributed by atoms with E-state index < -0.39 is 0 Å². The summed E-state index contributed by atoms with van der Waals surface area (Å²) in [5.74, 6) is 1.64. The van der Waals surface area contributed by atoms with E-state index in [0.29, 0.717) is 6.61 Å². The molecule has 0 amide bonds. The lowest BCUT2D eigenvalue weighted by Gasteiger charge is -2.06. The van der Waals surface area contributed by atoms with Gasteiger partial charge in [-0.05, 0) is 37.1 Å². The van der Waals surface area contributed by atoms with E-state index in [1.807, 2.05) is 12.3 Å². The van der Waals surface area contributed by atoms with Crippen LogP contribution in [0.4, 0.5) is 0 Å². The Kier molecular flexibility index (Phi) is 4.07. The molecule has 2 aromatic rings. The van der Waals surface area contributed by atoms with Crippen molar-refractivity contribution in [1.29, 1.82) is 0 Å². The van der Waals surface area contributed by atoms with Gasteiger partial charge in [0, 0.05) is 16.8 Å². The zero-order valence-electron chi connectivity index (χ0n) is 9.93. The van der Waals surface area contributed by atoms with Crippen LogP contribution in [0.3, 0.4) is 0 Å². The van der Waals surface area contributed by atoms with Crippen molar-refractivity contribution in [3.63, 3.8) is 0 Å². The second-order valence-corrected chi connectivity index (χ2v) is 5.43. The summed E-state index contributed by atoms with van der Waals surface area (Å²) in [5, 5.41) is 0.993. The molecule has 0 aliphatic rings. The largest absolute Gasteiger partial charge is 0.486 e. The van der Waals surface area contributed by atoms with Gasteiger partial charge in [0.25, 0.3) is 0 Å². The molecule has 0 N–H and O–H groups in total. The lowest BCUT2D eigenvalue weighted by molar-refractivity contribution is 0.305. The summed E-state index contributed by atoms with van der Waals surface area (Å²) < 4.78 is 5.71. The molecule has 0 bridgehead atoms. The van der Waals surface area contributed by atoms with Crippen LogP contribution in [0.25, 0.3) is 0 Å². The number of thiol groups is 1. The first-order chi connectivity index (χ1) is 8.19. The molecule has 0 fully saturated rings. The molecule has 0 aliphatic heterocycles. The third-order valence-corrected chi connectivity index (χ3v) is 4.12. The van der Waals surface area contributed by atoms with Crippen LogP contribution < -0.4 is 4.74 Å². The molecule has 0 saturated heterocycles. The van der Waals surface area contributed by atoms with E-state index in [1.165, 1.54) is 16.0 Å². The predicted molar refractivity (Wildman–Crippen MR) is 75.1 cm³/mol. The quantitative estimate of drug-likeness (QED) is 0.850. The third-order valence-electron chi connectivity index (χ3n) is 2.60. The molecule has 0 unspecified atom stereocenters. The molecule has 0 radical (unpaired) electrons. The van der Waals surface area contributed by atoms with Gasteiger partial charge in [0.2, 0.25) is 0 Å². The molecule has 2 rings (SSSR count). The Hall–Kier alpha value is -1.00. The summed E-state index contributed by atoms with van der Waals surface area (Å²) in [7, 11) is 0. The molecule has 4 heteroatoms. The van der Waals surface area contributed by atoms with E-state index in [0.717, 1.165) is 16.5 Å². The molecule has 2 nitrogen and oxygen atoms in total. The number of nitrogens with zero attached hydrogens (tertiary/aromatic N) is 1. The summed E-state index contributed by atoms with van der Waals surface area (Å²) in [4.78, 5) is 5.46. The highest BCUT2D eigenvalue weighted by molar-refractivity contribution is 7.79. The van der Waals surface area contributed by atoms with Gasteiger partial charge in [-0.3, -0.25) is 0 Å². The summed E-state index contributed by atoms with van der Waals surface area (Å²) in [6.07, 6.45) is 1.86. The molecule has 0 saturated carbocycles. The topological polar surface area (TPSA) is 22.1 Å². The van der Waals surface area contributed by atoms with Gasteiger partial charge in [0.05, 0.1) is 0 Å². The van der Waals surface area contributed by atoms with E-state index in [4.69, 9.17) is 4.74 Å². The molecule has 1 heterocycles. The maximum Gasteiger partial charge on any atom is 0.140 e. The smallest absolute Gasteiger partial charge is 0.140 e. The number of hydrogen-bond acceptors (Lipinski definition) is 4. The van der Waals surface area contributed by atoms with Gasteiger partial charge in [-0.2, -0.15) is 12.6 Å². The number of hydrogen-bond donors (Lipinski definition) is 1. The van der Waals surface area contributed by atoms with Gasteiger partial charge >= 0.3 is 0 Å². The zero-order valence-corrected chi connectivity index (χ0v) is 11.6. The van der Waals surface area contributed by atoms with Crippen molar-refractivity contribution >= 4 is 24.0 Å². The second kappa shape index (κ2) is 5.56. The van der Waals surface area contributed by atoms with E-state index >= 15 is 0 Å². The number of thiazole rings is 1. The van der Waals surface area contributed by atoms with Crippen LogP contribution in [-0.2, 0) is 12.4 Å². The minimum atomic E-state index is 0.529. The Labute approximate surface area is 111 Å². The van der Waals surface area contributed by atoms with Crippen molar-refractivity contribution in [1.82, 2.24) is 4.98 Å². The maximum atomic E-state index is 5.71. The van der Waals surface area contributed by atoms with Crippen LogP contribution in [-0.4, -0.2) is 4.98 Å². The van der Waals surface area contributed by atoms with Crippen molar-refractivity contribution in [2.75, 3.05) is 0 Å². The van der Waals surface area contributed by atoms with Gasteiger partial charge in [0.1, 0.15) is 17.4 Å².